The largest absolute Gasteiger partial charge is 0.437 e. The average Bonchev–Trinajstić information content (AvgIpc) is 2.59. The van der Waals surface area contributed by atoms with Gasteiger partial charge in [0.05, 0.1) is 6.04 Å². The third-order valence-corrected chi connectivity index (χ3v) is 5.95. The Morgan fingerprint density at radius 1 is 1.21 bits per heavy atom. The van der Waals surface area contributed by atoms with Crippen molar-refractivity contribution in [2.75, 3.05) is 30.8 Å². The summed E-state index contributed by atoms with van der Waals surface area (Å²) < 4.78 is 80.1. The first-order chi connectivity index (χ1) is 13.2. The van der Waals surface area contributed by atoms with Gasteiger partial charge in [-0.1, -0.05) is 13.8 Å². The Morgan fingerprint density at radius 2 is 1.83 bits per heavy atom. The predicted octanol–water partition coefficient (Wildman–Crippen LogP) is 3.46. The molecule has 11 heteroatoms. The van der Waals surface area contributed by atoms with E-state index in [1.807, 2.05) is 13.8 Å². The van der Waals surface area contributed by atoms with Crippen molar-refractivity contribution in [1.82, 2.24) is 4.90 Å². The first-order valence-corrected chi connectivity index (χ1v) is 10.9. The van der Waals surface area contributed by atoms with E-state index in [1.54, 1.807) is 4.90 Å². The van der Waals surface area contributed by atoms with E-state index < -0.39 is 45.0 Å². The van der Waals surface area contributed by atoms with Gasteiger partial charge in [-0.15, -0.1) is 0 Å². The van der Waals surface area contributed by atoms with Crippen molar-refractivity contribution in [1.29, 1.82) is 0 Å². The van der Waals surface area contributed by atoms with E-state index in [2.05, 4.69) is 4.74 Å². The van der Waals surface area contributed by atoms with Crippen LogP contribution in [0.2, 0.25) is 0 Å². The number of rotatable bonds is 4. The molecule has 164 valence electrons. The van der Waals surface area contributed by atoms with Gasteiger partial charge in [-0.2, -0.15) is 13.2 Å². The maximum absolute atomic E-state index is 13.9. The van der Waals surface area contributed by atoms with Gasteiger partial charge in [-0.3, -0.25) is 0 Å². The maximum atomic E-state index is 13.9. The minimum Gasteiger partial charge on any atom is -0.437 e. The Labute approximate surface area is 167 Å². The van der Waals surface area contributed by atoms with Gasteiger partial charge < -0.3 is 14.5 Å². The predicted molar refractivity (Wildman–Crippen MR) is 99.1 cm³/mol. The molecule has 1 heterocycles. The highest BCUT2D eigenvalue weighted by Gasteiger charge is 2.42. The number of carbonyl (C=O) groups excluding carboxylic acids is 1. The molecule has 1 saturated heterocycles. The summed E-state index contributed by atoms with van der Waals surface area (Å²) in [5.74, 6) is -0.971. The van der Waals surface area contributed by atoms with Crippen molar-refractivity contribution in [2.45, 2.75) is 44.0 Å². The molecular weight excluding hydrogens is 416 g/mol. The van der Waals surface area contributed by atoms with Crippen LogP contribution >= 0.6 is 0 Å². The lowest BCUT2D eigenvalue weighted by atomic mass is 9.99. The molecule has 1 aromatic carbocycles. The minimum atomic E-state index is -4.65. The van der Waals surface area contributed by atoms with Gasteiger partial charge in [-0.25, -0.2) is 17.6 Å². The lowest BCUT2D eigenvalue weighted by molar-refractivity contribution is -0.200. The fourth-order valence-corrected chi connectivity index (χ4v) is 3.86. The smallest absolute Gasteiger partial charge is 0.425 e. The molecular formula is C18H24F4N2O4S. The summed E-state index contributed by atoms with van der Waals surface area (Å²) >= 11 is 0. The third-order valence-electron chi connectivity index (χ3n) is 4.84. The zero-order chi connectivity index (χ0) is 22.1. The van der Waals surface area contributed by atoms with Crippen LogP contribution in [0.4, 0.5) is 28.0 Å². The summed E-state index contributed by atoms with van der Waals surface area (Å²) in [5, 5.41) is 0. The van der Waals surface area contributed by atoms with Gasteiger partial charge in [-0.05, 0) is 31.0 Å². The first-order valence-electron chi connectivity index (χ1n) is 9.00. The summed E-state index contributed by atoms with van der Waals surface area (Å²) in [5.41, 5.74) is 0.453. The Morgan fingerprint density at radius 3 is 2.34 bits per heavy atom. The lowest BCUT2D eigenvalue weighted by Gasteiger charge is -2.44. The van der Waals surface area contributed by atoms with Gasteiger partial charge in [0.1, 0.15) is 10.7 Å². The summed E-state index contributed by atoms with van der Waals surface area (Å²) in [7, 11) is -3.77. The van der Waals surface area contributed by atoms with E-state index in [0.717, 1.165) is 19.2 Å². The number of piperazine rings is 1. The van der Waals surface area contributed by atoms with E-state index in [1.165, 1.54) is 17.0 Å². The van der Waals surface area contributed by atoms with Crippen LogP contribution in [0, 0.1) is 11.7 Å². The van der Waals surface area contributed by atoms with Crippen LogP contribution in [0.15, 0.2) is 23.1 Å². The number of anilines is 1. The molecule has 1 aliphatic rings. The lowest BCUT2D eigenvalue weighted by Crippen LogP contribution is -2.58. The first kappa shape index (κ1) is 23.2. The van der Waals surface area contributed by atoms with Crippen LogP contribution in [-0.4, -0.2) is 63.6 Å². The fraction of sp³-hybridized carbons (Fsp3) is 0.611. The molecule has 0 spiro atoms. The second-order valence-corrected chi connectivity index (χ2v) is 9.39. The number of ether oxygens (including phenoxy) is 1. The van der Waals surface area contributed by atoms with Crippen LogP contribution < -0.4 is 4.90 Å². The summed E-state index contributed by atoms with van der Waals surface area (Å²) in [6.45, 7) is 4.94. The van der Waals surface area contributed by atoms with Crippen LogP contribution in [0.3, 0.4) is 0 Å². The highest BCUT2D eigenvalue weighted by molar-refractivity contribution is 7.90. The molecule has 0 saturated carbocycles. The summed E-state index contributed by atoms with van der Waals surface area (Å²) in [6, 6.07) is 3.24. The molecule has 1 aliphatic heterocycles. The zero-order valence-corrected chi connectivity index (χ0v) is 17.3. The molecule has 0 aromatic heterocycles. The summed E-state index contributed by atoms with van der Waals surface area (Å²) in [6.07, 6.45) is -7.03. The van der Waals surface area contributed by atoms with Crippen molar-refractivity contribution in [3.05, 3.63) is 24.0 Å². The Bertz CT molecular complexity index is 858. The van der Waals surface area contributed by atoms with E-state index in [9.17, 15) is 30.8 Å². The molecule has 0 bridgehead atoms. The number of hydrogen-bond donors (Lipinski definition) is 0. The van der Waals surface area contributed by atoms with Crippen molar-refractivity contribution in [3.8, 4) is 0 Å². The Balaban J connectivity index is 2.22. The average molecular weight is 440 g/mol. The van der Waals surface area contributed by atoms with Crippen molar-refractivity contribution in [2.24, 2.45) is 5.92 Å². The van der Waals surface area contributed by atoms with Gasteiger partial charge in [0.25, 0.3) is 0 Å². The number of hydrogen-bond acceptors (Lipinski definition) is 5. The molecule has 6 nitrogen and oxygen atoms in total. The quantitative estimate of drug-likeness (QED) is 0.671. The number of amides is 1. The SMILES string of the molecule is CC(C)[C@@H]1CN(c2ccc(F)c(S(C)(=O)=O)c2)CCN1C(=O)OC(C)C(F)(F)F. The van der Waals surface area contributed by atoms with Crippen LogP contribution in [0.5, 0.6) is 0 Å². The van der Waals surface area contributed by atoms with Crippen LogP contribution in [-0.2, 0) is 14.6 Å². The van der Waals surface area contributed by atoms with E-state index in [-0.39, 0.29) is 25.6 Å². The third kappa shape index (κ3) is 5.52. The second kappa shape index (κ2) is 8.37. The monoisotopic (exact) mass is 440 g/mol. The van der Waals surface area contributed by atoms with Crippen LogP contribution in [0.25, 0.3) is 0 Å². The van der Waals surface area contributed by atoms with E-state index >= 15 is 0 Å². The van der Waals surface area contributed by atoms with Crippen molar-refractivity contribution >= 4 is 21.6 Å². The Kier molecular flexibility index (Phi) is 6.71. The van der Waals surface area contributed by atoms with E-state index in [4.69, 9.17) is 0 Å². The molecule has 2 atom stereocenters. The molecule has 2 rings (SSSR count). The van der Waals surface area contributed by atoms with Crippen molar-refractivity contribution in [3.63, 3.8) is 0 Å². The molecule has 0 N–H and O–H groups in total. The minimum absolute atomic E-state index is 0.0812. The number of sulfone groups is 1. The highest BCUT2D eigenvalue weighted by atomic mass is 32.2. The molecule has 1 unspecified atom stereocenters. The van der Waals surface area contributed by atoms with Gasteiger partial charge in [0.15, 0.2) is 15.9 Å². The molecule has 1 fully saturated rings. The second-order valence-electron chi connectivity index (χ2n) is 7.41. The number of benzene rings is 1. The molecule has 29 heavy (non-hydrogen) atoms. The van der Waals surface area contributed by atoms with Gasteiger partial charge in [0, 0.05) is 31.6 Å². The normalized spacial score (nSPS) is 19.4. The molecule has 1 amide bonds. The molecule has 1 aromatic rings. The molecule has 0 radical (unpaired) electrons. The van der Waals surface area contributed by atoms with Crippen molar-refractivity contribution < 1.29 is 35.5 Å². The Hall–Kier alpha value is -2.04. The maximum Gasteiger partial charge on any atom is 0.425 e. The van der Waals surface area contributed by atoms with Gasteiger partial charge >= 0.3 is 12.3 Å². The highest BCUT2D eigenvalue weighted by Crippen LogP contribution is 2.28. The van der Waals surface area contributed by atoms with Gasteiger partial charge in [0.2, 0.25) is 0 Å². The van der Waals surface area contributed by atoms with Crippen LogP contribution in [0.1, 0.15) is 20.8 Å². The summed E-state index contributed by atoms with van der Waals surface area (Å²) in [4.78, 5) is 14.9. The number of carbonyl (C=O) groups is 1. The number of halogens is 4. The zero-order valence-electron chi connectivity index (χ0n) is 16.5. The van der Waals surface area contributed by atoms with E-state index in [0.29, 0.717) is 5.69 Å². The molecule has 0 aliphatic carbocycles. The topological polar surface area (TPSA) is 66.9 Å². The number of nitrogens with zero attached hydrogens (tertiary/aromatic N) is 2. The fourth-order valence-electron chi connectivity index (χ4n) is 3.10. The number of alkyl halides is 3. The standard InChI is InChI=1S/C18H24F4N2O4S/c1-11(2)15-10-23(13-5-6-14(19)16(9-13)29(4,26)27)7-8-24(15)17(25)28-12(3)18(20,21)22/h5-6,9,11-12,15H,7-8,10H2,1-4H3/t12?,15-/m0/s1.